The first-order valence-corrected chi connectivity index (χ1v) is 8.53. The smallest absolute Gasteiger partial charge is 0.270 e. The summed E-state index contributed by atoms with van der Waals surface area (Å²) in [7, 11) is 0. The molecular formula is C21H22N4O. The molecule has 1 amide bonds. The van der Waals surface area contributed by atoms with Crippen LogP contribution in [0.25, 0.3) is 0 Å². The number of hydrogen-bond donors (Lipinski definition) is 2. The minimum absolute atomic E-state index is 0.219. The zero-order chi connectivity index (χ0) is 18.5. The predicted octanol–water partition coefficient (Wildman–Crippen LogP) is 4.08. The van der Waals surface area contributed by atoms with E-state index in [1.165, 1.54) is 11.1 Å². The lowest BCUT2D eigenvalue weighted by Crippen LogP contribution is -2.24. The normalized spacial score (nSPS) is 10.4. The zero-order valence-corrected chi connectivity index (χ0v) is 15.2. The van der Waals surface area contributed by atoms with E-state index in [9.17, 15) is 4.79 Å². The molecule has 0 aliphatic carbocycles. The summed E-state index contributed by atoms with van der Waals surface area (Å²) < 4.78 is 0. The summed E-state index contributed by atoms with van der Waals surface area (Å²) in [6, 6.07) is 17.7. The van der Waals surface area contributed by atoms with E-state index in [-0.39, 0.29) is 5.91 Å². The van der Waals surface area contributed by atoms with Gasteiger partial charge in [-0.15, -0.1) is 0 Å². The fraction of sp³-hybridized carbons (Fsp3) is 0.190. The Bertz CT molecular complexity index is 902. The maximum Gasteiger partial charge on any atom is 0.270 e. The Morgan fingerprint density at radius 3 is 2.15 bits per heavy atom. The molecule has 0 aliphatic rings. The van der Waals surface area contributed by atoms with Gasteiger partial charge in [0.05, 0.1) is 0 Å². The van der Waals surface area contributed by atoms with Gasteiger partial charge in [0.2, 0.25) is 5.95 Å². The van der Waals surface area contributed by atoms with Gasteiger partial charge >= 0.3 is 0 Å². The molecule has 0 radical (unpaired) electrons. The first-order valence-electron chi connectivity index (χ1n) is 8.53. The van der Waals surface area contributed by atoms with E-state index in [4.69, 9.17) is 0 Å². The summed E-state index contributed by atoms with van der Waals surface area (Å²) in [5.74, 6) is 0.192. The quantitative estimate of drug-likeness (QED) is 0.731. The molecule has 0 atom stereocenters. The van der Waals surface area contributed by atoms with Crippen molar-refractivity contribution in [1.82, 2.24) is 15.3 Å². The lowest BCUT2D eigenvalue weighted by molar-refractivity contribution is 0.0945. The first kappa shape index (κ1) is 17.6. The number of aromatic nitrogens is 2. The van der Waals surface area contributed by atoms with Gasteiger partial charge in [-0.25, -0.2) is 9.97 Å². The molecule has 26 heavy (non-hydrogen) atoms. The van der Waals surface area contributed by atoms with Crippen LogP contribution < -0.4 is 10.6 Å². The average molecular weight is 346 g/mol. The molecule has 0 saturated heterocycles. The molecule has 0 unspecified atom stereocenters. The number of aryl methyl sites for hydroxylation is 3. The van der Waals surface area contributed by atoms with Crippen molar-refractivity contribution in [2.24, 2.45) is 0 Å². The molecule has 0 spiro atoms. The lowest BCUT2D eigenvalue weighted by atomic mass is 10.1. The highest BCUT2D eigenvalue weighted by Crippen LogP contribution is 2.15. The molecular weight excluding hydrogens is 324 g/mol. The second kappa shape index (κ2) is 7.78. The van der Waals surface area contributed by atoms with Crippen LogP contribution in [0.3, 0.4) is 0 Å². The van der Waals surface area contributed by atoms with Crippen molar-refractivity contribution < 1.29 is 4.79 Å². The molecule has 132 valence electrons. The van der Waals surface area contributed by atoms with Gasteiger partial charge in [0.15, 0.2) is 0 Å². The van der Waals surface area contributed by atoms with E-state index in [1.807, 2.05) is 69.3 Å². The van der Waals surface area contributed by atoms with Crippen molar-refractivity contribution in [2.45, 2.75) is 27.3 Å². The van der Waals surface area contributed by atoms with Gasteiger partial charge in [0.25, 0.3) is 5.91 Å². The van der Waals surface area contributed by atoms with Gasteiger partial charge in [-0.05, 0) is 44.5 Å². The van der Waals surface area contributed by atoms with Crippen molar-refractivity contribution in [1.29, 1.82) is 0 Å². The summed E-state index contributed by atoms with van der Waals surface area (Å²) >= 11 is 0. The molecule has 5 heteroatoms. The molecule has 0 saturated carbocycles. The fourth-order valence-electron chi connectivity index (χ4n) is 2.49. The molecule has 2 N–H and O–H groups in total. The molecule has 5 nitrogen and oxygen atoms in total. The maximum atomic E-state index is 12.5. The lowest BCUT2D eigenvalue weighted by Gasteiger charge is -2.09. The third-order valence-electron chi connectivity index (χ3n) is 3.97. The topological polar surface area (TPSA) is 66.9 Å². The van der Waals surface area contributed by atoms with Gasteiger partial charge in [-0.1, -0.05) is 47.5 Å². The molecule has 1 heterocycles. The standard InChI is InChI=1S/C21H22N4O/c1-14-4-8-17(9-5-14)13-22-20(26)19-12-16(3)23-21(25-19)24-18-10-6-15(2)7-11-18/h4-12H,13H2,1-3H3,(H,22,26)(H,23,24,25). The second-order valence-electron chi connectivity index (χ2n) is 6.38. The van der Waals surface area contributed by atoms with Gasteiger partial charge in [0, 0.05) is 17.9 Å². The molecule has 2 aromatic carbocycles. The Balaban J connectivity index is 1.70. The monoisotopic (exact) mass is 346 g/mol. The van der Waals surface area contributed by atoms with Crippen LogP contribution >= 0.6 is 0 Å². The Hall–Kier alpha value is -3.21. The van der Waals surface area contributed by atoms with Crippen molar-refractivity contribution in [2.75, 3.05) is 5.32 Å². The molecule has 3 rings (SSSR count). The minimum atomic E-state index is -0.219. The van der Waals surface area contributed by atoms with Crippen LogP contribution in [0, 0.1) is 20.8 Å². The van der Waals surface area contributed by atoms with E-state index in [0.717, 1.165) is 16.9 Å². The highest BCUT2D eigenvalue weighted by atomic mass is 16.1. The molecule has 0 fully saturated rings. The van der Waals surface area contributed by atoms with Gasteiger partial charge in [0.1, 0.15) is 5.69 Å². The Morgan fingerprint density at radius 1 is 0.885 bits per heavy atom. The third-order valence-corrected chi connectivity index (χ3v) is 3.97. The summed E-state index contributed by atoms with van der Waals surface area (Å²) in [6.45, 7) is 6.37. The Morgan fingerprint density at radius 2 is 1.50 bits per heavy atom. The third kappa shape index (κ3) is 4.66. The SMILES string of the molecule is Cc1ccc(CNC(=O)c2cc(C)nc(Nc3ccc(C)cc3)n2)cc1. The van der Waals surface area contributed by atoms with Gasteiger partial charge in [-0.2, -0.15) is 0 Å². The van der Waals surface area contributed by atoms with Crippen LogP contribution in [-0.4, -0.2) is 15.9 Å². The number of benzene rings is 2. The number of rotatable bonds is 5. The van der Waals surface area contributed by atoms with Crippen molar-refractivity contribution >= 4 is 17.5 Å². The van der Waals surface area contributed by atoms with Gasteiger partial charge in [-0.3, -0.25) is 4.79 Å². The Kier molecular flexibility index (Phi) is 5.27. The number of nitrogens with zero attached hydrogens (tertiary/aromatic N) is 2. The van der Waals surface area contributed by atoms with Crippen molar-refractivity contribution in [3.05, 3.63) is 82.7 Å². The average Bonchev–Trinajstić information content (AvgIpc) is 2.62. The zero-order valence-electron chi connectivity index (χ0n) is 15.2. The molecule has 0 aliphatic heterocycles. The number of nitrogens with one attached hydrogen (secondary N) is 2. The van der Waals surface area contributed by atoms with E-state index in [1.54, 1.807) is 6.07 Å². The fourth-order valence-corrected chi connectivity index (χ4v) is 2.49. The summed E-state index contributed by atoms with van der Waals surface area (Å²) in [4.78, 5) is 21.2. The van der Waals surface area contributed by atoms with Crippen molar-refractivity contribution in [3.63, 3.8) is 0 Å². The van der Waals surface area contributed by atoms with E-state index in [2.05, 4.69) is 20.6 Å². The van der Waals surface area contributed by atoms with E-state index < -0.39 is 0 Å². The molecule has 1 aromatic heterocycles. The van der Waals surface area contributed by atoms with E-state index in [0.29, 0.717) is 18.2 Å². The first-order chi connectivity index (χ1) is 12.5. The van der Waals surface area contributed by atoms with Crippen LogP contribution in [0.5, 0.6) is 0 Å². The number of carbonyl (C=O) groups excluding carboxylic acids is 1. The largest absolute Gasteiger partial charge is 0.347 e. The van der Waals surface area contributed by atoms with E-state index >= 15 is 0 Å². The highest BCUT2D eigenvalue weighted by molar-refractivity contribution is 5.92. The van der Waals surface area contributed by atoms with Crippen LogP contribution in [0.1, 0.15) is 32.9 Å². The number of amides is 1. The number of carbonyl (C=O) groups is 1. The highest BCUT2D eigenvalue weighted by Gasteiger charge is 2.11. The summed E-state index contributed by atoms with van der Waals surface area (Å²) in [5.41, 5.74) is 5.38. The summed E-state index contributed by atoms with van der Waals surface area (Å²) in [5, 5.41) is 6.05. The molecule has 3 aromatic rings. The van der Waals surface area contributed by atoms with Crippen LogP contribution in [0.2, 0.25) is 0 Å². The molecule has 0 bridgehead atoms. The number of anilines is 2. The number of hydrogen-bond acceptors (Lipinski definition) is 4. The predicted molar refractivity (Wildman–Crippen MR) is 104 cm³/mol. The van der Waals surface area contributed by atoms with Gasteiger partial charge < -0.3 is 10.6 Å². The van der Waals surface area contributed by atoms with Crippen molar-refractivity contribution in [3.8, 4) is 0 Å². The van der Waals surface area contributed by atoms with Crippen LogP contribution in [0.15, 0.2) is 54.6 Å². The second-order valence-corrected chi connectivity index (χ2v) is 6.38. The summed E-state index contributed by atoms with van der Waals surface area (Å²) in [6.07, 6.45) is 0. The Labute approximate surface area is 153 Å². The minimum Gasteiger partial charge on any atom is -0.347 e. The van der Waals surface area contributed by atoms with Crippen LogP contribution in [0.4, 0.5) is 11.6 Å². The van der Waals surface area contributed by atoms with Crippen LogP contribution in [-0.2, 0) is 6.54 Å². The maximum absolute atomic E-state index is 12.5.